The minimum Gasteiger partial charge on any atom is -0.481 e. The van der Waals surface area contributed by atoms with E-state index in [1.807, 2.05) is 31.2 Å². The van der Waals surface area contributed by atoms with Gasteiger partial charge in [-0.05, 0) is 25.0 Å². The van der Waals surface area contributed by atoms with Crippen molar-refractivity contribution in [1.29, 1.82) is 0 Å². The van der Waals surface area contributed by atoms with Gasteiger partial charge in [0.2, 0.25) is 5.91 Å². The van der Waals surface area contributed by atoms with E-state index in [-0.39, 0.29) is 18.0 Å². The third kappa shape index (κ3) is 2.03. The Morgan fingerprint density at radius 1 is 1.35 bits per heavy atom. The molecule has 1 amide bonds. The van der Waals surface area contributed by atoms with Crippen molar-refractivity contribution < 1.29 is 14.7 Å². The van der Waals surface area contributed by atoms with Gasteiger partial charge in [0.15, 0.2) is 0 Å². The quantitative estimate of drug-likeness (QED) is 0.854. The van der Waals surface area contributed by atoms with E-state index in [9.17, 15) is 9.59 Å². The summed E-state index contributed by atoms with van der Waals surface area (Å²) in [7, 11) is 0. The van der Waals surface area contributed by atoms with Crippen LogP contribution in [0.3, 0.4) is 0 Å². The van der Waals surface area contributed by atoms with Gasteiger partial charge in [-0.1, -0.05) is 18.2 Å². The zero-order valence-corrected chi connectivity index (χ0v) is 11.4. The van der Waals surface area contributed by atoms with Gasteiger partial charge in [-0.15, -0.1) is 0 Å². The number of anilines is 1. The van der Waals surface area contributed by atoms with Crippen molar-refractivity contribution >= 4 is 17.6 Å². The SMILES string of the molecule is CC1C(C(=O)O)CCN1C(=O)[C@@H]1Cc2ccccc2N1. The van der Waals surface area contributed by atoms with Crippen LogP contribution in [-0.4, -0.2) is 40.5 Å². The molecule has 0 aliphatic carbocycles. The van der Waals surface area contributed by atoms with Gasteiger partial charge in [0, 0.05) is 24.7 Å². The van der Waals surface area contributed by atoms with E-state index in [1.54, 1.807) is 4.90 Å². The number of carbonyl (C=O) groups excluding carboxylic acids is 1. The van der Waals surface area contributed by atoms with Gasteiger partial charge in [0.1, 0.15) is 6.04 Å². The van der Waals surface area contributed by atoms with Crippen LogP contribution in [0.15, 0.2) is 24.3 Å². The molecule has 5 nitrogen and oxygen atoms in total. The molecule has 5 heteroatoms. The number of carboxylic acid groups (broad SMARTS) is 1. The number of hydrogen-bond donors (Lipinski definition) is 2. The largest absolute Gasteiger partial charge is 0.481 e. The second kappa shape index (κ2) is 4.81. The average molecular weight is 274 g/mol. The highest BCUT2D eigenvalue weighted by Gasteiger charge is 2.41. The fourth-order valence-electron chi connectivity index (χ4n) is 3.23. The van der Waals surface area contributed by atoms with E-state index in [4.69, 9.17) is 5.11 Å². The molecule has 3 rings (SSSR count). The normalized spacial score (nSPS) is 28.1. The van der Waals surface area contributed by atoms with Gasteiger partial charge < -0.3 is 15.3 Å². The van der Waals surface area contributed by atoms with E-state index < -0.39 is 11.9 Å². The first kappa shape index (κ1) is 13.0. The Balaban J connectivity index is 1.71. The molecule has 0 bridgehead atoms. The lowest BCUT2D eigenvalue weighted by molar-refractivity contribution is -0.143. The molecule has 2 heterocycles. The molecule has 106 valence electrons. The van der Waals surface area contributed by atoms with Crippen molar-refractivity contribution in [2.75, 3.05) is 11.9 Å². The summed E-state index contributed by atoms with van der Waals surface area (Å²) < 4.78 is 0. The summed E-state index contributed by atoms with van der Waals surface area (Å²) in [6.45, 7) is 2.36. The molecular weight excluding hydrogens is 256 g/mol. The van der Waals surface area contributed by atoms with Gasteiger partial charge in [-0.25, -0.2) is 0 Å². The number of likely N-dealkylation sites (tertiary alicyclic amines) is 1. The maximum Gasteiger partial charge on any atom is 0.308 e. The Labute approximate surface area is 117 Å². The maximum absolute atomic E-state index is 12.6. The lowest BCUT2D eigenvalue weighted by atomic mass is 10.0. The molecule has 1 aromatic carbocycles. The van der Waals surface area contributed by atoms with E-state index in [1.165, 1.54) is 0 Å². The second-order valence-electron chi connectivity index (χ2n) is 5.56. The topological polar surface area (TPSA) is 69.6 Å². The lowest BCUT2D eigenvalue weighted by Crippen LogP contribution is -2.45. The number of amides is 1. The standard InChI is InChI=1S/C15H18N2O3/c1-9-11(15(19)20)6-7-17(9)14(18)13-8-10-4-2-3-5-12(10)16-13/h2-5,9,11,13,16H,6-8H2,1H3,(H,19,20)/t9?,11?,13-/m0/s1. The molecular formula is C15H18N2O3. The molecule has 2 aliphatic rings. The highest BCUT2D eigenvalue weighted by atomic mass is 16.4. The molecule has 0 aromatic heterocycles. The molecule has 0 spiro atoms. The molecule has 20 heavy (non-hydrogen) atoms. The van der Waals surface area contributed by atoms with E-state index in [2.05, 4.69) is 5.32 Å². The number of nitrogens with one attached hydrogen (secondary N) is 1. The highest BCUT2D eigenvalue weighted by Crippen LogP contribution is 2.30. The summed E-state index contributed by atoms with van der Waals surface area (Å²) in [6.07, 6.45) is 1.22. The predicted molar refractivity (Wildman–Crippen MR) is 74.5 cm³/mol. The van der Waals surface area contributed by atoms with Crippen LogP contribution in [-0.2, 0) is 16.0 Å². The summed E-state index contributed by atoms with van der Waals surface area (Å²) >= 11 is 0. The van der Waals surface area contributed by atoms with Gasteiger partial charge in [0.25, 0.3) is 0 Å². The summed E-state index contributed by atoms with van der Waals surface area (Å²) in [5, 5.41) is 12.4. The lowest BCUT2D eigenvalue weighted by Gasteiger charge is -2.26. The van der Waals surface area contributed by atoms with Gasteiger partial charge in [-0.2, -0.15) is 0 Å². The third-order valence-electron chi connectivity index (χ3n) is 4.42. The number of benzene rings is 1. The number of carbonyl (C=O) groups is 2. The van der Waals surface area contributed by atoms with Crippen molar-refractivity contribution in [3.63, 3.8) is 0 Å². The molecule has 2 unspecified atom stereocenters. The predicted octanol–water partition coefficient (Wildman–Crippen LogP) is 1.34. The first-order valence-corrected chi connectivity index (χ1v) is 6.95. The first-order valence-electron chi connectivity index (χ1n) is 6.95. The van der Waals surface area contributed by atoms with Crippen LogP contribution in [0.25, 0.3) is 0 Å². The zero-order chi connectivity index (χ0) is 14.3. The molecule has 2 N–H and O–H groups in total. The van der Waals surface area contributed by atoms with Crippen LogP contribution in [0.4, 0.5) is 5.69 Å². The Kier molecular flexibility index (Phi) is 3.12. The number of para-hydroxylation sites is 1. The fourth-order valence-corrected chi connectivity index (χ4v) is 3.23. The van der Waals surface area contributed by atoms with Crippen LogP contribution in [0.5, 0.6) is 0 Å². The van der Waals surface area contributed by atoms with Crippen molar-refractivity contribution in [1.82, 2.24) is 4.90 Å². The number of hydrogen-bond acceptors (Lipinski definition) is 3. The molecule has 3 atom stereocenters. The van der Waals surface area contributed by atoms with Gasteiger partial charge >= 0.3 is 5.97 Å². The Morgan fingerprint density at radius 3 is 2.75 bits per heavy atom. The Bertz CT molecular complexity index is 533. The molecule has 0 saturated carbocycles. The Hall–Kier alpha value is -2.04. The van der Waals surface area contributed by atoms with Crippen LogP contribution in [0.2, 0.25) is 0 Å². The summed E-state index contributed by atoms with van der Waals surface area (Å²) in [5.74, 6) is -1.24. The maximum atomic E-state index is 12.6. The highest BCUT2D eigenvalue weighted by molar-refractivity contribution is 5.88. The van der Waals surface area contributed by atoms with E-state index in [0.717, 1.165) is 11.3 Å². The van der Waals surface area contributed by atoms with Crippen LogP contribution < -0.4 is 5.32 Å². The number of rotatable bonds is 2. The van der Waals surface area contributed by atoms with Crippen molar-refractivity contribution in [2.24, 2.45) is 5.92 Å². The third-order valence-corrected chi connectivity index (χ3v) is 4.42. The summed E-state index contributed by atoms with van der Waals surface area (Å²) in [6, 6.07) is 7.40. The molecule has 1 saturated heterocycles. The average Bonchev–Trinajstić information content (AvgIpc) is 3.01. The monoisotopic (exact) mass is 274 g/mol. The van der Waals surface area contributed by atoms with Gasteiger partial charge in [-0.3, -0.25) is 9.59 Å². The van der Waals surface area contributed by atoms with Crippen molar-refractivity contribution in [3.8, 4) is 0 Å². The molecule has 1 fully saturated rings. The van der Waals surface area contributed by atoms with Crippen LogP contribution in [0.1, 0.15) is 18.9 Å². The van der Waals surface area contributed by atoms with Crippen LogP contribution in [0, 0.1) is 5.92 Å². The van der Waals surface area contributed by atoms with Crippen molar-refractivity contribution in [2.45, 2.75) is 31.8 Å². The summed E-state index contributed by atoms with van der Waals surface area (Å²) in [4.78, 5) is 25.4. The van der Waals surface area contributed by atoms with Crippen LogP contribution >= 0.6 is 0 Å². The zero-order valence-electron chi connectivity index (χ0n) is 11.4. The number of nitrogens with zero attached hydrogens (tertiary/aromatic N) is 1. The van der Waals surface area contributed by atoms with Crippen molar-refractivity contribution in [3.05, 3.63) is 29.8 Å². The molecule has 2 aliphatic heterocycles. The summed E-state index contributed by atoms with van der Waals surface area (Å²) in [5.41, 5.74) is 2.15. The number of carboxylic acids is 1. The Morgan fingerprint density at radius 2 is 2.10 bits per heavy atom. The minimum atomic E-state index is -0.810. The minimum absolute atomic E-state index is 0.0115. The van der Waals surface area contributed by atoms with E-state index in [0.29, 0.717) is 19.4 Å². The number of aliphatic carboxylic acids is 1. The number of fused-ring (bicyclic) bond motifs is 1. The molecule has 0 radical (unpaired) electrons. The smallest absolute Gasteiger partial charge is 0.308 e. The molecule has 1 aromatic rings. The fraction of sp³-hybridized carbons (Fsp3) is 0.467. The van der Waals surface area contributed by atoms with E-state index >= 15 is 0 Å². The van der Waals surface area contributed by atoms with Gasteiger partial charge in [0.05, 0.1) is 5.92 Å². The first-order chi connectivity index (χ1) is 9.58. The second-order valence-corrected chi connectivity index (χ2v) is 5.56.